The van der Waals surface area contributed by atoms with Gasteiger partial charge < -0.3 is 15.5 Å². The molecule has 0 bridgehead atoms. The fraction of sp³-hybridized carbons (Fsp3) is 0.364. The van der Waals surface area contributed by atoms with Crippen molar-refractivity contribution >= 4 is 28.9 Å². The van der Waals surface area contributed by atoms with Crippen molar-refractivity contribution in [2.45, 2.75) is 26.7 Å². The molecule has 0 aromatic heterocycles. The Morgan fingerprint density at radius 3 is 2.53 bits per heavy atom. The van der Waals surface area contributed by atoms with Gasteiger partial charge in [0, 0.05) is 43.0 Å². The number of nitro groups is 1. The number of carbonyl (C=O) groups is 2. The van der Waals surface area contributed by atoms with E-state index in [0.717, 1.165) is 25.9 Å². The number of nitrogens with zero attached hydrogens (tertiary/aromatic N) is 2. The van der Waals surface area contributed by atoms with Crippen molar-refractivity contribution in [3.05, 3.63) is 63.7 Å². The molecule has 2 N–H and O–H groups in total. The van der Waals surface area contributed by atoms with E-state index in [0.29, 0.717) is 29.4 Å². The van der Waals surface area contributed by atoms with Crippen LogP contribution in [0.2, 0.25) is 0 Å². The molecule has 1 aliphatic heterocycles. The largest absolute Gasteiger partial charge is 0.371 e. The lowest BCUT2D eigenvalue weighted by atomic mass is 9.98. The van der Waals surface area contributed by atoms with Gasteiger partial charge in [-0.25, -0.2) is 0 Å². The second-order valence-electron chi connectivity index (χ2n) is 7.52. The van der Waals surface area contributed by atoms with E-state index in [1.54, 1.807) is 30.3 Å². The smallest absolute Gasteiger partial charge is 0.270 e. The first kappa shape index (κ1) is 21.3. The van der Waals surface area contributed by atoms with Gasteiger partial charge in [-0.1, -0.05) is 13.0 Å². The number of rotatable bonds is 6. The summed E-state index contributed by atoms with van der Waals surface area (Å²) in [4.78, 5) is 38.0. The molecule has 1 saturated heterocycles. The molecule has 2 amide bonds. The van der Waals surface area contributed by atoms with Gasteiger partial charge in [0.1, 0.15) is 0 Å². The van der Waals surface area contributed by atoms with Crippen molar-refractivity contribution in [3.63, 3.8) is 0 Å². The van der Waals surface area contributed by atoms with E-state index < -0.39 is 10.8 Å². The van der Waals surface area contributed by atoms with Crippen LogP contribution in [0.4, 0.5) is 17.1 Å². The molecule has 8 nitrogen and oxygen atoms in total. The average Bonchev–Trinajstić information content (AvgIpc) is 2.74. The van der Waals surface area contributed by atoms with Gasteiger partial charge in [0.05, 0.1) is 16.2 Å². The van der Waals surface area contributed by atoms with Crippen LogP contribution < -0.4 is 15.5 Å². The van der Waals surface area contributed by atoms with Crippen molar-refractivity contribution in [1.29, 1.82) is 0 Å². The van der Waals surface area contributed by atoms with Crippen molar-refractivity contribution in [2.24, 2.45) is 5.92 Å². The zero-order valence-corrected chi connectivity index (χ0v) is 17.2. The molecule has 1 heterocycles. The number of anilines is 2. The Bertz CT molecular complexity index is 952. The van der Waals surface area contributed by atoms with Crippen LogP contribution in [-0.4, -0.2) is 36.4 Å². The van der Waals surface area contributed by atoms with Crippen LogP contribution in [0.5, 0.6) is 0 Å². The van der Waals surface area contributed by atoms with Crippen molar-refractivity contribution in [1.82, 2.24) is 5.32 Å². The van der Waals surface area contributed by atoms with Crippen LogP contribution in [0.1, 0.15) is 47.4 Å². The molecule has 1 aliphatic rings. The summed E-state index contributed by atoms with van der Waals surface area (Å²) < 4.78 is 0. The van der Waals surface area contributed by atoms with Gasteiger partial charge in [-0.15, -0.1) is 0 Å². The Morgan fingerprint density at radius 1 is 1.13 bits per heavy atom. The molecule has 0 unspecified atom stereocenters. The van der Waals surface area contributed by atoms with Gasteiger partial charge in [-0.2, -0.15) is 0 Å². The standard InChI is InChI=1S/C22H26N4O4/c1-3-23-21(27)16-5-4-6-17(13-16)24-22(28)19-14-18(26(29)30)7-8-20(19)25-11-9-15(2)10-12-25/h4-8,13-15H,3,9-12H2,1-2H3,(H,23,27)(H,24,28). The van der Waals surface area contributed by atoms with Gasteiger partial charge in [0.2, 0.25) is 0 Å². The third-order valence-electron chi connectivity index (χ3n) is 5.28. The van der Waals surface area contributed by atoms with Crippen LogP contribution in [0.25, 0.3) is 0 Å². The van der Waals surface area contributed by atoms with E-state index >= 15 is 0 Å². The normalized spacial score (nSPS) is 14.3. The number of non-ortho nitro benzene ring substituents is 1. The first-order valence-electron chi connectivity index (χ1n) is 10.1. The van der Waals surface area contributed by atoms with Crippen LogP contribution in [0.15, 0.2) is 42.5 Å². The third kappa shape index (κ3) is 4.94. The Hall–Kier alpha value is -3.42. The van der Waals surface area contributed by atoms with Gasteiger partial charge in [-0.3, -0.25) is 19.7 Å². The molecule has 0 spiro atoms. The summed E-state index contributed by atoms with van der Waals surface area (Å²) in [7, 11) is 0. The van der Waals surface area contributed by atoms with Crippen molar-refractivity contribution in [2.75, 3.05) is 29.9 Å². The fourth-order valence-corrected chi connectivity index (χ4v) is 3.54. The second kappa shape index (κ2) is 9.39. The number of nitrogens with one attached hydrogen (secondary N) is 2. The van der Waals surface area contributed by atoms with E-state index in [4.69, 9.17) is 0 Å². The molecule has 2 aromatic rings. The summed E-state index contributed by atoms with van der Waals surface area (Å²) >= 11 is 0. The number of carbonyl (C=O) groups excluding carboxylic acids is 2. The van der Waals surface area contributed by atoms with E-state index in [2.05, 4.69) is 22.5 Å². The molecule has 8 heteroatoms. The highest BCUT2D eigenvalue weighted by atomic mass is 16.6. The minimum Gasteiger partial charge on any atom is -0.371 e. The highest BCUT2D eigenvalue weighted by Gasteiger charge is 2.23. The zero-order chi connectivity index (χ0) is 21.7. The maximum absolute atomic E-state index is 13.1. The van der Waals surface area contributed by atoms with E-state index in [1.807, 2.05) is 6.92 Å². The molecule has 1 fully saturated rings. The Balaban J connectivity index is 1.88. The molecule has 0 aliphatic carbocycles. The fourth-order valence-electron chi connectivity index (χ4n) is 3.54. The van der Waals surface area contributed by atoms with Crippen molar-refractivity contribution < 1.29 is 14.5 Å². The monoisotopic (exact) mass is 410 g/mol. The molecular formula is C22H26N4O4. The summed E-state index contributed by atoms with van der Waals surface area (Å²) in [5, 5.41) is 16.8. The van der Waals surface area contributed by atoms with Gasteiger partial charge in [0.15, 0.2) is 0 Å². The van der Waals surface area contributed by atoms with Gasteiger partial charge >= 0.3 is 0 Å². The highest BCUT2D eigenvalue weighted by Crippen LogP contribution is 2.30. The van der Waals surface area contributed by atoms with E-state index in [1.165, 1.54) is 12.1 Å². The Morgan fingerprint density at radius 2 is 1.87 bits per heavy atom. The number of piperidine rings is 1. The quantitative estimate of drug-likeness (QED) is 0.556. The average molecular weight is 410 g/mol. The number of benzene rings is 2. The second-order valence-corrected chi connectivity index (χ2v) is 7.52. The van der Waals surface area contributed by atoms with E-state index in [9.17, 15) is 19.7 Å². The number of hydrogen-bond acceptors (Lipinski definition) is 5. The first-order chi connectivity index (χ1) is 14.4. The molecule has 2 aromatic carbocycles. The number of amides is 2. The maximum Gasteiger partial charge on any atom is 0.270 e. The summed E-state index contributed by atoms with van der Waals surface area (Å²) in [6.45, 7) is 6.12. The van der Waals surface area contributed by atoms with Crippen LogP contribution in [0, 0.1) is 16.0 Å². The Labute approximate surface area is 175 Å². The summed E-state index contributed by atoms with van der Waals surface area (Å²) in [6.07, 6.45) is 2.01. The molecule has 30 heavy (non-hydrogen) atoms. The third-order valence-corrected chi connectivity index (χ3v) is 5.28. The van der Waals surface area contributed by atoms with E-state index in [-0.39, 0.29) is 17.2 Å². The zero-order valence-electron chi connectivity index (χ0n) is 17.2. The van der Waals surface area contributed by atoms with Gasteiger partial charge in [-0.05, 0) is 49.9 Å². The van der Waals surface area contributed by atoms with Crippen LogP contribution in [0.3, 0.4) is 0 Å². The lowest BCUT2D eigenvalue weighted by molar-refractivity contribution is -0.384. The lowest BCUT2D eigenvalue weighted by Gasteiger charge is -2.33. The molecule has 0 atom stereocenters. The molecule has 158 valence electrons. The van der Waals surface area contributed by atoms with Crippen molar-refractivity contribution in [3.8, 4) is 0 Å². The number of hydrogen-bond donors (Lipinski definition) is 2. The molecular weight excluding hydrogens is 384 g/mol. The van der Waals surface area contributed by atoms with Gasteiger partial charge in [0.25, 0.3) is 17.5 Å². The Kier molecular flexibility index (Phi) is 6.66. The maximum atomic E-state index is 13.1. The first-order valence-corrected chi connectivity index (χ1v) is 10.1. The number of nitro benzene ring substituents is 1. The summed E-state index contributed by atoms with van der Waals surface area (Å²) in [5.41, 5.74) is 1.69. The van der Waals surface area contributed by atoms with Crippen LogP contribution in [-0.2, 0) is 0 Å². The minimum atomic E-state index is -0.505. The minimum absolute atomic E-state index is 0.134. The SMILES string of the molecule is CCNC(=O)c1cccc(NC(=O)c2cc([N+](=O)[O-])ccc2N2CCC(C)CC2)c1. The lowest BCUT2D eigenvalue weighted by Crippen LogP contribution is -2.34. The summed E-state index contributed by atoms with van der Waals surface area (Å²) in [6, 6.07) is 11.0. The topological polar surface area (TPSA) is 105 Å². The molecule has 0 radical (unpaired) electrons. The predicted molar refractivity (Wildman–Crippen MR) is 116 cm³/mol. The predicted octanol–water partition coefficient (Wildman–Crippen LogP) is 3.83. The van der Waals surface area contributed by atoms with Crippen LogP contribution >= 0.6 is 0 Å². The molecule has 3 rings (SSSR count). The molecule has 0 saturated carbocycles. The summed E-state index contributed by atoms with van der Waals surface area (Å²) in [5.74, 6) is -0.0546. The highest BCUT2D eigenvalue weighted by molar-refractivity contribution is 6.09.